The predicted molar refractivity (Wildman–Crippen MR) is 65.6 cm³/mol. The van der Waals surface area contributed by atoms with Crippen LogP contribution in [-0.2, 0) is 7.05 Å². The van der Waals surface area contributed by atoms with Gasteiger partial charge in [0.2, 0.25) is 0 Å². The summed E-state index contributed by atoms with van der Waals surface area (Å²) in [5.41, 5.74) is 6.25. The Kier molecular flexibility index (Phi) is 3.78. The van der Waals surface area contributed by atoms with Gasteiger partial charge >= 0.3 is 0 Å². The first-order chi connectivity index (χ1) is 8.24. The third kappa shape index (κ3) is 2.49. The van der Waals surface area contributed by atoms with Crippen molar-refractivity contribution in [1.82, 2.24) is 14.7 Å². The highest BCUT2D eigenvalue weighted by Gasteiger charge is 2.27. The van der Waals surface area contributed by atoms with Crippen LogP contribution in [0.25, 0.3) is 0 Å². The molecule has 0 radical (unpaired) electrons. The Bertz CT molecular complexity index is 382. The van der Waals surface area contributed by atoms with E-state index in [2.05, 4.69) is 5.10 Å². The fourth-order valence-corrected chi connectivity index (χ4v) is 2.54. The summed E-state index contributed by atoms with van der Waals surface area (Å²) in [7, 11) is 1.79. The van der Waals surface area contributed by atoms with E-state index in [4.69, 9.17) is 5.73 Å². The molecule has 1 aromatic rings. The highest BCUT2D eigenvalue weighted by atomic mass is 16.2. The molecule has 2 rings (SSSR count). The standard InChI is InChI=1S/C12H20N4O/c1-15-11(6-8-14-15)12(17)16(9-7-13)10-4-2-3-5-10/h6,8,10H,2-5,7,9,13H2,1H3. The van der Waals surface area contributed by atoms with Crippen molar-refractivity contribution in [3.63, 3.8) is 0 Å². The lowest BCUT2D eigenvalue weighted by Gasteiger charge is -2.28. The average Bonchev–Trinajstić information content (AvgIpc) is 2.95. The molecule has 1 aliphatic rings. The van der Waals surface area contributed by atoms with Crippen molar-refractivity contribution in [2.24, 2.45) is 12.8 Å². The number of aryl methyl sites for hydroxylation is 1. The van der Waals surface area contributed by atoms with E-state index in [1.807, 2.05) is 4.90 Å². The Hall–Kier alpha value is -1.36. The van der Waals surface area contributed by atoms with Crippen LogP contribution in [0.15, 0.2) is 12.3 Å². The molecular weight excluding hydrogens is 216 g/mol. The summed E-state index contributed by atoms with van der Waals surface area (Å²) in [4.78, 5) is 14.3. The smallest absolute Gasteiger partial charge is 0.272 e. The van der Waals surface area contributed by atoms with Crippen LogP contribution in [-0.4, -0.2) is 39.7 Å². The molecule has 0 unspecified atom stereocenters. The highest BCUT2D eigenvalue weighted by molar-refractivity contribution is 5.92. The second-order valence-electron chi connectivity index (χ2n) is 4.57. The van der Waals surface area contributed by atoms with Crippen molar-refractivity contribution < 1.29 is 4.79 Å². The first-order valence-electron chi connectivity index (χ1n) is 6.23. The van der Waals surface area contributed by atoms with Gasteiger partial charge in [-0.3, -0.25) is 9.48 Å². The van der Waals surface area contributed by atoms with Crippen molar-refractivity contribution >= 4 is 5.91 Å². The fraction of sp³-hybridized carbons (Fsp3) is 0.667. The number of hydrogen-bond acceptors (Lipinski definition) is 3. The molecule has 1 fully saturated rings. The summed E-state index contributed by atoms with van der Waals surface area (Å²) >= 11 is 0. The molecule has 0 atom stereocenters. The summed E-state index contributed by atoms with van der Waals surface area (Å²) in [6.07, 6.45) is 6.28. The Balaban J connectivity index is 2.15. The van der Waals surface area contributed by atoms with Gasteiger partial charge in [0.25, 0.3) is 5.91 Å². The largest absolute Gasteiger partial charge is 0.333 e. The van der Waals surface area contributed by atoms with E-state index >= 15 is 0 Å². The summed E-state index contributed by atoms with van der Waals surface area (Å²) in [6, 6.07) is 2.13. The molecule has 17 heavy (non-hydrogen) atoms. The van der Waals surface area contributed by atoms with Crippen molar-refractivity contribution in [2.75, 3.05) is 13.1 Å². The Morgan fingerprint density at radius 1 is 1.59 bits per heavy atom. The van der Waals surface area contributed by atoms with Gasteiger partial charge in [-0.05, 0) is 18.9 Å². The number of nitrogens with two attached hydrogens (primary N) is 1. The number of aromatic nitrogens is 2. The second kappa shape index (κ2) is 5.31. The van der Waals surface area contributed by atoms with Gasteiger partial charge in [0.05, 0.1) is 0 Å². The number of amides is 1. The zero-order valence-corrected chi connectivity index (χ0v) is 10.3. The summed E-state index contributed by atoms with van der Waals surface area (Å²) in [6.45, 7) is 1.15. The van der Waals surface area contributed by atoms with Crippen LogP contribution in [0.1, 0.15) is 36.2 Å². The maximum atomic E-state index is 12.4. The molecule has 1 saturated carbocycles. The maximum absolute atomic E-state index is 12.4. The zero-order valence-electron chi connectivity index (χ0n) is 10.3. The molecule has 5 heteroatoms. The van der Waals surface area contributed by atoms with E-state index in [1.54, 1.807) is 24.0 Å². The van der Waals surface area contributed by atoms with Gasteiger partial charge in [-0.25, -0.2) is 0 Å². The number of nitrogens with zero attached hydrogens (tertiary/aromatic N) is 3. The SMILES string of the molecule is Cn1nccc1C(=O)N(CCN)C1CCCC1. The van der Waals surface area contributed by atoms with Crippen LogP contribution in [0.3, 0.4) is 0 Å². The molecular formula is C12H20N4O. The van der Waals surface area contributed by atoms with E-state index in [0.29, 0.717) is 24.8 Å². The Labute approximate surface area is 102 Å². The topological polar surface area (TPSA) is 64.2 Å². The third-order valence-electron chi connectivity index (χ3n) is 3.44. The van der Waals surface area contributed by atoms with Crippen LogP contribution in [0.2, 0.25) is 0 Å². The maximum Gasteiger partial charge on any atom is 0.272 e. The molecule has 1 heterocycles. The predicted octanol–water partition coefficient (Wildman–Crippen LogP) is 0.764. The minimum atomic E-state index is 0.0577. The monoisotopic (exact) mass is 236 g/mol. The van der Waals surface area contributed by atoms with E-state index in [9.17, 15) is 4.79 Å². The van der Waals surface area contributed by atoms with Gasteiger partial charge in [-0.2, -0.15) is 5.10 Å². The van der Waals surface area contributed by atoms with Gasteiger partial charge in [0, 0.05) is 32.4 Å². The van der Waals surface area contributed by atoms with Crippen LogP contribution >= 0.6 is 0 Å². The first kappa shape index (κ1) is 12.1. The molecule has 0 saturated heterocycles. The normalized spacial score (nSPS) is 16.4. The molecule has 5 nitrogen and oxygen atoms in total. The number of rotatable bonds is 4. The molecule has 1 aliphatic carbocycles. The molecule has 0 aliphatic heterocycles. The second-order valence-corrected chi connectivity index (χ2v) is 4.57. The minimum absolute atomic E-state index is 0.0577. The lowest BCUT2D eigenvalue weighted by molar-refractivity contribution is 0.0676. The molecule has 1 amide bonds. The number of carbonyl (C=O) groups is 1. The van der Waals surface area contributed by atoms with Gasteiger partial charge in [0.15, 0.2) is 0 Å². The third-order valence-corrected chi connectivity index (χ3v) is 3.44. The molecule has 0 spiro atoms. The summed E-state index contributed by atoms with van der Waals surface area (Å²) < 4.78 is 1.63. The fourth-order valence-electron chi connectivity index (χ4n) is 2.54. The van der Waals surface area contributed by atoms with Gasteiger partial charge in [-0.15, -0.1) is 0 Å². The lowest BCUT2D eigenvalue weighted by Crippen LogP contribution is -2.42. The van der Waals surface area contributed by atoms with Crippen molar-refractivity contribution in [3.05, 3.63) is 18.0 Å². The van der Waals surface area contributed by atoms with Crippen LogP contribution in [0.4, 0.5) is 0 Å². The lowest BCUT2D eigenvalue weighted by atomic mass is 10.2. The molecule has 2 N–H and O–H groups in total. The molecule has 1 aromatic heterocycles. The highest BCUT2D eigenvalue weighted by Crippen LogP contribution is 2.24. The summed E-state index contributed by atoms with van der Waals surface area (Å²) in [5.74, 6) is 0.0577. The van der Waals surface area contributed by atoms with Crippen molar-refractivity contribution in [1.29, 1.82) is 0 Å². The van der Waals surface area contributed by atoms with Crippen LogP contribution in [0, 0.1) is 0 Å². The van der Waals surface area contributed by atoms with Crippen molar-refractivity contribution in [3.8, 4) is 0 Å². The number of carbonyl (C=O) groups excluding carboxylic acids is 1. The molecule has 0 aromatic carbocycles. The van der Waals surface area contributed by atoms with E-state index in [-0.39, 0.29) is 5.91 Å². The summed E-state index contributed by atoms with van der Waals surface area (Å²) in [5, 5.41) is 4.04. The average molecular weight is 236 g/mol. The van der Waals surface area contributed by atoms with Gasteiger partial charge in [-0.1, -0.05) is 12.8 Å². The van der Waals surface area contributed by atoms with Crippen LogP contribution in [0.5, 0.6) is 0 Å². The van der Waals surface area contributed by atoms with Gasteiger partial charge in [0.1, 0.15) is 5.69 Å². The van der Waals surface area contributed by atoms with E-state index in [0.717, 1.165) is 12.8 Å². The minimum Gasteiger partial charge on any atom is -0.333 e. The molecule has 0 bridgehead atoms. The van der Waals surface area contributed by atoms with Crippen LogP contribution < -0.4 is 5.73 Å². The Morgan fingerprint density at radius 2 is 2.29 bits per heavy atom. The first-order valence-corrected chi connectivity index (χ1v) is 6.23. The quantitative estimate of drug-likeness (QED) is 0.839. The van der Waals surface area contributed by atoms with E-state index in [1.165, 1.54) is 12.8 Å². The zero-order chi connectivity index (χ0) is 12.3. The van der Waals surface area contributed by atoms with E-state index < -0.39 is 0 Å². The van der Waals surface area contributed by atoms with Gasteiger partial charge < -0.3 is 10.6 Å². The molecule has 94 valence electrons. The number of hydrogen-bond donors (Lipinski definition) is 1. The van der Waals surface area contributed by atoms with Crippen molar-refractivity contribution in [2.45, 2.75) is 31.7 Å². The Morgan fingerprint density at radius 3 is 2.82 bits per heavy atom.